The van der Waals surface area contributed by atoms with Crippen LogP contribution in [-0.2, 0) is 4.79 Å². The molecule has 1 aromatic rings. The Kier molecular flexibility index (Phi) is 5.72. The molecule has 1 amide bonds. The molecule has 0 aliphatic rings. The van der Waals surface area contributed by atoms with Gasteiger partial charge < -0.3 is 10.2 Å². The van der Waals surface area contributed by atoms with E-state index in [0.29, 0.717) is 18.5 Å². The molecule has 0 unspecified atom stereocenters. The highest BCUT2D eigenvalue weighted by molar-refractivity contribution is 5.76. The summed E-state index contributed by atoms with van der Waals surface area (Å²) in [5, 5.41) is 11.9. The number of nitrogens with zero attached hydrogens (tertiary/aromatic N) is 2. The highest BCUT2D eigenvalue weighted by Crippen LogP contribution is 2.09. The monoisotopic (exact) mass is 245 g/mol. The zero-order valence-electron chi connectivity index (χ0n) is 10.9. The van der Waals surface area contributed by atoms with Gasteiger partial charge in [0, 0.05) is 31.7 Å². The molecule has 0 heterocycles. The van der Waals surface area contributed by atoms with Gasteiger partial charge in [0.25, 0.3) is 0 Å². The molecule has 0 aliphatic carbocycles. The SMILES string of the molecule is CCN(CC)C(=O)CCNc1cccc(C#N)c1. The summed E-state index contributed by atoms with van der Waals surface area (Å²) < 4.78 is 0. The van der Waals surface area contributed by atoms with Gasteiger partial charge in [0.1, 0.15) is 0 Å². The predicted octanol–water partition coefficient (Wildman–Crippen LogP) is 2.23. The van der Waals surface area contributed by atoms with Crippen LogP contribution in [0.2, 0.25) is 0 Å². The van der Waals surface area contributed by atoms with E-state index in [1.54, 1.807) is 12.1 Å². The highest BCUT2D eigenvalue weighted by Gasteiger charge is 2.08. The van der Waals surface area contributed by atoms with Gasteiger partial charge in [-0.2, -0.15) is 5.26 Å². The number of rotatable bonds is 6. The Morgan fingerprint density at radius 3 is 2.72 bits per heavy atom. The van der Waals surface area contributed by atoms with E-state index in [-0.39, 0.29) is 5.91 Å². The number of hydrogen-bond donors (Lipinski definition) is 1. The van der Waals surface area contributed by atoms with Crippen LogP contribution >= 0.6 is 0 Å². The van der Waals surface area contributed by atoms with Gasteiger partial charge in [0.05, 0.1) is 11.6 Å². The maximum absolute atomic E-state index is 11.8. The van der Waals surface area contributed by atoms with Crippen molar-refractivity contribution < 1.29 is 4.79 Å². The first-order chi connectivity index (χ1) is 8.71. The quantitative estimate of drug-likeness (QED) is 0.836. The van der Waals surface area contributed by atoms with Crippen molar-refractivity contribution in [3.05, 3.63) is 29.8 Å². The van der Waals surface area contributed by atoms with Crippen molar-refractivity contribution in [1.82, 2.24) is 4.90 Å². The third-order valence-corrected chi connectivity index (χ3v) is 2.78. The van der Waals surface area contributed by atoms with Crippen molar-refractivity contribution >= 4 is 11.6 Å². The second kappa shape index (κ2) is 7.33. The Hall–Kier alpha value is -2.02. The van der Waals surface area contributed by atoms with Gasteiger partial charge in [-0.25, -0.2) is 0 Å². The van der Waals surface area contributed by atoms with E-state index in [2.05, 4.69) is 11.4 Å². The van der Waals surface area contributed by atoms with E-state index < -0.39 is 0 Å². The number of nitrogens with one attached hydrogen (secondary N) is 1. The summed E-state index contributed by atoms with van der Waals surface area (Å²) in [6.07, 6.45) is 0.471. The Bertz CT molecular complexity index is 433. The highest BCUT2D eigenvalue weighted by atomic mass is 16.2. The number of carbonyl (C=O) groups is 1. The van der Waals surface area contributed by atoms with Crippen LogP contribution in [0.4, 0.5) is 5.69 Å². The molecule has 0 saturated carbocycles. The summed E-state index contributed by atoms with van der Waals surface area (Å²) in [6.45, 7) is 6.04. The molecular weight excluding hydrogens is 226 g/mol. The standard InChI is InChI=1S/C14H19N3O/c1-3-17(4-2)14(18)8-9-16-13-7-5-6-12(10-13)11-15/h5-7,10,16H,3-4,8-9H2,1-2H3. The number of amides is 1. The zero-order valence-corrected chi connectivity index (χ0v) is 10.9. The normalized spacial score (nSPS) is 9.61. The smallest absolute Gasteiger partial charge is 0.224 e. The van der Waals surface area contributed by atoms with Crippen LogP contribution in [0.1, 0.15) is 25.8 Å². The lowest BCUT2D eigenvalue weighted by Gasteiger charge is -2.18. The van der Waals surface area contributed by atoms with Crippen molar-refractivity contribution in [3.63, 3.8) is 0 Å². The molecule has 0 aromatic heterocycles. The first-order valence-corrected chi connectivity index (χ1v) is 6.23. The molecule has 1 rings (SSSR count). The Morgan fingerprint density at radius 1 is 1.39 bits per heavy atom. The Labute approximate surface area is 108 Å². The molecule has 0 radical (unpaired) electrons. The fourth-order valence-corrected chi connectivity index (χ4v) is 1.75. The minimum absolute atomic E-state index is 0.156. The summed E-state index contributed by atoms with van der Waals surface area (Å²) in [7, 11) is 0. The van der Waals surface area contributed by atoms with Crippen LogP contribution < -0.4 is 5.32 Å². The first kappa shape index (κ1) is 14.0. The van der Waals surface area contributed by atoms with Crippen molar-refractivity contribution in [3.8, 4) is 6.07 Å². The van der Waals surface area contributed by atoms with E-state index in [1.807, 2.05) is 30.9 Å². The molecule has 1 N–H and O–H groups in total. The minimum atomic E-state index is 0.156. The lowest BCUT2D eigenvalue weighted by Crippen LogP contribution is -2.31. The largest absolute Gasteiger partial charge is 0.384 e. The van der Waals surface area contributed by atoms with Crippen LogP contribution in [0, 0.1) is 11.3 Å². The number of anilines is 1. The van der Waals surface area contributed by atoms with Crippen LogP contribution in [0.3, 0.4) is 0 Å². The molecule has 0 atom stereocenters. The molecule has 0 bridgehead atoms. The van der Waals surface area contributed by atoms with Crippen LogP contribution in [0.5, 0.6) is 0 Å². The van der Waals surface area contributed by atoms with Gasteiger partial charge >= 0.3 is 0 Å². The van der Waals surface area contributed by atoms with Crippen LogP contribution in [0.25, 0.3) is 0 Å². The second-order valence-corrected chi connectivity index (χ2v) is 3.94. The predicted molar refractivity (Wildman–Crippen MR) is 72.2 cm³/mol. The van der Waals surface area contributed by atoms with Gasteiger partial charge in [-0.15, -0.1) is 0 Å². The second-order valence-electron chi connectivity index (χ2n) is 3.94. The Morgan fingerprint density at radius 2 is 2.11 bits per heavy atom. The van der Waals surface area contributed by atoms with E-state index >= 15 is 0 Å². The van der Waals surface area contributed by atoms with E-state index in [1.165, 1.54) is 0 Å². The molecule has 0 fully saturated rings. The van der Waals surface area contributed by atoms with Crippen LogP contribution in [-0.4, -0.2) is 30.4 Å². The average Bonchev–Trinajstić information content (AvgIpc) is 2.40. The van der Waals surface area contributed by atoms with Crippen molar-refractivity contribution in [2.75, 3.05) is 25.0 Å². The summed E-state index contributed by atoms with van der Waals surface area (Å²) in [4.78, 5) is 13.6. The van der Waals surface area contributed by atoms with Gasteiger partial charge in [-0.3, -0.25) is 4.79 Å². The van der Waals surface area contributed by atoms with E-state index in [4.69, 9.17) is 5.26 Å². The lowest BCUT2D eigenvalue weighted by molar-refractivity contribution is -0.130. The van der Waals surface area contributed by atoms with Crippen molar-refractivity contribution in [2.45, 2.75) is 20.3 Å². The summed E-state index contributed by atoms with van der Waals surface area (Å²) in [5.41, 5.74) is 1.50. The first-order valence-electron chi connectivity index (χ1n) is 6.23. The maximum atomic E-state index is 11.8. The summed E-state index contributed by atoms with van der Waals surface area (Å²) in [5.74, 6) is 0.156. The van der Waals surface area contributed by atoms with Gasteiger partial charge in [0.2, 0.25) is 5.91 Å². The number of hydrogen-bond acceptors (Lipinski definition) is 3. The van der Waals surface area contributed by atoms with Gasteiger partial charge in [0.15, 0.2) is 0 Å². The van der Waals surface area contributed by atoms with E-state index in [9.17, 15) is 4.79 Å². The average molecular weight is 245 g/mol. The zero-order chi connectivity index (χ0) is 13.4. The van der Waals surface area contributed by atoms with Gasteiger partial charge in [-0.05, 0) is 32.0 Å². The van der Waals surface area contributed by atoms with Crippen LogP contribution in [0.15, 0.2) is 24.3 Å². The minimum Gasteiger partial charge on any atom is -0.384 e. The molecule has 18 heavy (non-hydrogen) atoms. The molecule has 4 heteroatoms. The maximum Gasteiger partial charge on any atom is 0.224 e. The molecule has 1 aromatic carbocycles. The summed E-state index contributed by atoms with van der Waals surface area (Å²) >= 11 is 0. The molecule has 4 nitrogen and oxygen atoms in total. The van der Waals surface area contributed by atoms with Crippen molar-refractivity contribution in [1.29, 1.82) is 5.26 Å². The molecule has 0 spiro atoms. The molecule has 0 saturated heterocycles. The summed E-state index contributed by atoms with van der Waals surface area (Å²) in [6, 6.07) is 9.34. The number of nitriles is 1. The fraction of sp³-hybridized carbons (Fsp3) is 0.429. The molecule has 0 aliphatic heterocycles. The third-order valence-electron chi connectivity index (χ3n) is 2.78. The van der Waals surface area contributed by atoms with Crippen molar-refractivity contribution in [2.24, 2.45) is 0 Å². The Balaban J connectivity index is 2.42. The van der Waals surface area contributed by atoms with E-state index in [0.717, 1.165) is 18.8 Å². The fourth-order valence-electron chi connectivity index (χ4n) is 1.75. The number of benzene rings is 1. The lowest BCUT2D eigenvalue weighted by atomic mass is 10.2. The van der Waals surface area contributed by atoms with Gasteiger partial charge in [-0.1, -0.05) is 6.07 Å². The topological polar surface area (TPSA) is 56.1 Å². The molecular formula is C14H19N3O. The third kappa shape index (κ3) is 4.10. The number of carbonyl (C=O) groups excluding carboxylic acids is 1. The molecule has 96 valence electrons.